The number of nitrogens with zero attached hydrogens (tertiary/aromatic N) is 2. The minimum absolute atomic E-state index is 0.544. The second kappa shape index (κ2) is 12.1. The van der Waals surface area contributed by atoms with Gasteiger partial charge in [0.2, 0.25) is 6.41 Å². The van der Waals surface area contributed by atoms with E-state index >= 15 is 0 Å². The topological polar surface area (TPSA) is 117 Å². The van der Waals surface area contributed by atoms with Crippen molar-refractivity contribution in [1.82, 2.24) is 14.9 Å². The van der Waals surface area contributed by atoms with Gasteiger partial charge in [0.25, 0.3) is 0 Å². The third-order valence-electron chi connectivity index (χ3n) is 4.50. The highest BCUT2D eigenvalue weighted by atomic mass is 16.5. The van der Waals surface area contributed by atoms with Crippen molar-refractivity contribution in [3.8, 4) is 5.75 Å². The lowest BCUT2D eigenvalue weighted by Crippen LogP contribution is -2.25. The average Bonchev–Trinajstić information content (AvgIpc) is 3.17. The van der Waals surface area contributed by atoms with Crippen LogP contribution in [0.1, 0.15) is 17.0 Å². The molecule has 0 saturated heterocycles. The summed E-state index contributed by atoms with van der Waals surface area (Å²) in [6, 6.07) is 13.5. The summed E-state index contributed by atoms with van der Waals surface area (Å²) in [5.74, 6) is 0.801. The molecular formula is C23H29N5O3. The Balaban J connectivity index is 0.000000220. The van der Waals surface area contributed by atoms with Crippen molar-refractivity contribution in [2.45, 2.75) is 13.5 Å². The quantitative estimate of drug-likeness (QED) is 0.361. The number of aryl methyl sites for hydroxylation is 1. The lowest BCUT2D eigenvalue weighted by molar-refractivity contribution is -0.119. The number of benzene rings is 1. The van der Waals surface area contributed by atoms with Crippen molar-refractivity contribution < 1.29 is 14.3 Å². The van der Waals surface area contributed by atoms with E-state index in [4.69, 9.17) is 20.6 Å². The number of methoxy groups -OCH3 is 2. The number of carbonyl (C=O) groups excluding carboxylic acids is 1. The Bertz CT molecular complexity index is 1030. The zero-order valence-electron chi connectivity index (χ0n) is 18.1. The van der Waals surface area contributed by atoms with Gasteiger partial charge in [-0.2, -0.15) is 0 Å². The molecule has 3 rings (SSSR count). The van der Waals surface area contributed by atoms with Crippen molar-refractivity contribution in [3.63, 3.8) is 0 Å². The first-order valence-corrected chi connectivity index (χ1v) is 9.75. The first kappa shape index (κ1) is 23.6. The number of rotatable bonds is 9. The Morgan fingerprint density at radius 3 is 2.71 bits per heavy atom. The molecule has 0 bridgehead atoms. The van der Waals surface area contributed by atoms with Gasteiger partial charge in [-0.3, -0.25) is 4.79 Å². The van der Waals surface area contributed by atoms with E-state index in [0.717, 1.165) is 34.5 Å². The largest absolute Gasteiger partial charge is 0.497 e. The fourth-order valence-corrected chi connectivity index (χ4v) is 2.89. The summed E-state index contributed by atoms with van der Waals surface area (Å²) in [5.41, 5.74) is 9.67. The molecule has 0 aliphatic heterocycles. The maximum absolute atomic E-state index is 10.8. The van der Waals surface area contributed by atoms with Gasteiger partial charge in [0.05, 0.1) is 19.4 Å². The van der Waals surface area contributed by atoms with Gasteiger partial charge in [-0.05, 0) is 42.8 Å². The fourth-order valence-electron chi connectivity index (χ4n) is 2.89. The standard InChI is InChI=1S/C12H17NO3.C11H12N4/c1-15-7-6-13(10-14)9-11-4-3-5-12(8-11)16-2;1-7-4-8-2-3-10(9(5-12)6-13)15-11(8)14-7/h3-5,8,10H,6-7,9H2,1-2H3;2-6,12H,13H2,1H3,(H,14,15)/b;9-6+,12-5?. The number of hydrogen-bond acceptors (Lipinski definition) is 6. The van der Waals surface area contributed by atoms with Gasteiger partial charge in [0, 0.05) is 49.3 Å². The molecule has 0 atom stereocenters. The highest BCUT2D eigenvalue weighted by Crippen LogP contribution is 2.16. The number of amides is 1. The number of hydrogen-bond donors (Lipinski definition) is 3. The highest BCUT2D eigenvalue weighted by molar-refractivity contribution is 6.07. The third-order valence-corrected chi connectivity index (χ3v) is 4.50. The van der Waals surface area contributed by atoms with Gasteiger partial charge >= 0.3 is 0 Å². The number of nitrogens with two attached hydrogens (primary N) is 1. The molecule has 0 fully saturated rings. The average molecular weight is 424 g/mol. The van der Waals surface area contributed by atoms with Crippen molar-refractivity contribution in [1.29, 1.82) is 5.41 Å². The first-order chi connectivity index (χ1) is 15.0. The van der Waals surface area contributed by atoms with Crippen LogP contribution in [0.4, 0.5) is 0 Å². The minimum atomic E-state index is 0.544. The van der Waals surface area contributed by atoms with Crippen LogP contribution in [-0.2, 0) is 16.1 Å². The fraction of sp³-hybridized carbons (Fsp3) is 0.261. The van der Waals surface area contributed by atoms with E-state index in [2.05, 4.69) is 9.97 Å². The van der Waals surface area contributed by atoms with Crippen LogP contribution in [-0.4, -0.2) is 54.9 Å². The molecule has 3 aromatic rings. The molecule has 8 nitrogen and oxygen atoms in total. The number of pyridine rings is 1. The number of H-pyrrole nitrogens is 1. The molecule has 8 heteroatoms. The molecule has 164 valence electrons. The monoisotopic (exact) mass is 423 g/mol. The van der Waals surface area contributed by atoms with E-state index in [1.807, 2.05) is 49.4 Å². The number of fused-ring (bicyclic) bond motifs is 1. The molecule has 1 amide bonds. The molecule has 0 aliphatic rings. The zero-order valence-corrected chi connectivity index (χ0v) is 18.1. The van der Waals surface area contributed by atoms with Gasteiger partial charge in [-0.25, -0.2) is 4.98 Å². The maximum atomic E-state index is 10.8. The maximum Gasteiger partial charge on any atom is 0.210 e. The smallest absolute Gasteiger partial charge is 0.210 e. The predicted molar refractivity (Wildman–Crippen MR) is 123 cm³/mol. The van der Waals surface area contributed by atoms with Gasteiger partial charge < -0.3 is 30.5 Å². The van der Waals surface area contributed by atoms with Crippen LogP contribution in [0.15, 0.2) is 48.7 Å². The zero-order chi connectivity index (χ0) is 22.6. The molecule has 0 unspecified atom stereocenters. The number of carbonyl (C=O) groups is 1. The second-order valence-corrected chi connectivity index (χ2v) is 6.77. The second-order valence-electron chi connectivity index (χ2n) is 6.77. The van der Waals surface area contributed by atoms with Crippen LogP contribution in [0.2, 0.25) is 0 Å². The number of aromatic nitrogens is 2. The van der Waals surface area contributed by atoms with Crippen molar-refractivity contribution in [2.75, 3.05) is 27.4 Å². The number of allylic oxidation sites excluding steroid dienone is 1. The SMILES string of the molecule is COCCN(C=O)Cc1cccc(OC)c1.Cc1cc2ccc(/C(C=N)=C/N)nc2[nH]1. The predicted octanol–water partition coefficient (Wildman–Crippen LogP) is 3.12. The van der Waals surface area contributed by atoms with Crippen LogP contribution in [0, 0.1) is 12.3 Å². The first-order valence-electron chi connectivity index (χ1n) is 9.75. The van der Waals surface area contributed by atoms with Crippen LogP contribution < -0.4 is 10.5 Å². The Hall–Kier alpha value is -3.65. The van der Waals surface area contributed by atoms with Crippen LogP contribution in [0.25, 0.3) is 16.6 Å². The molecule has 31 heavy (non-hydrogen) atoms. The Morgan fingerprint density at radius 1 is 1.26 bits per heavy atom. The van der Waals surface area contributed by atoms with E-state index in [1.54, 1.807) is 19.1 Å². The highest BCUT2D eigenvalue weighted by Gasteiger charge is 2.04. The van der Waals surface area contributed by atoms with E-state index in [9.17, 15) is 4.79 Å². The summed E-state index contributed by atoms with van der Waals surface area (Å²) in [7, 11) is 3.25. The lowest BCUT2D eigenvalue weighted by Gasteiger charge is -2.17. The number of ether oxygens (including phenoxy) is 2. The molecule has 1 aromatic carbocycles. The van der Waals surface area contributed by atoms with Gasteiger partial charge in [0.15, 0.2) is 0 Å². The van der Waals surface area contributed by atoms with Gasteiger partial charge in [-0.1, -0.05) is 12.1 Å². The molecule has 2 heterocycles. The summed E-state index contributed by atoms with van der Waals surface area (Å²) in [5, 5.41) is 8.25. The summed E-state index contributed by atoms with van der Waals surface area (Å²) in [6.45, 7) is 3.70. The molecular weight excluding hydrogens is 394 g/mol. The van der Waals surface area contributed by atoms with Gasteiger partial charge in [-0.15, -0.1) is 0 Å². The molecule has 0 radical (unpaired) electrons. The van der Waals surface area contributed by atoms with Crippen molar-refractivity contribution >= 4 is 29.2 Å². The summed E-state index contributed by atoms with van der Waals surface area (Å²) < 4.78 is 10.1. The van der Waals surface area contributed by atoms with Crippen LogP contribution >= 0.6 is 0 Å². The van der Waals surface area contributed by atoms with Gasteiger partial charge in [0.1, 0.15) is 11.4 Å². The van der Waals surface area contributed by atoms with Crippen molar-refractivity contribution in [3.05, 3.63) is 65.6 Å². The van der Waals surface area contributed by atoms with Crippen LogP contribution in [0.3, 0.4) is 0 Å². The molecule has 0 saturated carbocycles. The number of aromatic amines is 1. The normalized spacial score (nSPS) is 10.9. The van der Waals surface area contributed by atoms with E-state index in [1.165, 1.54) is 12.4 Å². The summed E-state index contributed by atoms with van der Waals surface area (Å²) >= 11 is 0. The van der Waals surface area contributed by atoms with Crippen LogP contribution in [0.5, 0.6) is 5.75 Å². The Labute approximate surface area is 182 Å². The molecule has 2 aromatic heterocycles. The molecule has 0 spiro atoms. The van der Waals surface area contributed by atoms with E-state index < -0.39 is 0 Å². The van der Waals surface area contributed by atoms with Crippen molar-refractivity contribution in [2.24, 2.45) is 5.73 Å². The molecule has 0 aliphatic carbocycles. The minimum Gasteiger partial charge on any atom is -0.497 e. The number of nitrogens with one attached hydrogen (secondary N) is 2. The van der Waals surface area contributed by atoms with E-state index in [-0.39, 0.29) is 0 Å². The molecule has 4 N–H and O–H groups in total. The lowest BCUT2D eigenvalue weighted by atomic mass is 10.2. The van der Waals surface area contributed by atoms with E-state index in [0.29, 0.717) is 31.0 Å². The Morgan fingerprint density at radius 2 is 2.06 bits per heavy atom. The summed E-state index contributed by atoms with van der Waals surface area (Å²) in [4.78, 5) is 20.0. The summed E-state index contributed by atoms with van der Waals surface area (Å²) in [6.07, 6.45) is 3.42. The third kappa shape index (κ3) is 6.97. The Kier molecular flexibility index (Phi) is 9.25.